The van der Waals surface area contributed by atoms with Crippen molar-refractivity contribution in [3.63, 3.8) is 0 Å². The Balaban J connectivity index is 2.26. The number of hydrogen-bond acceptors (Lipinski definition) is 3. The number of nitrogens with two attached hydrogens (primary N) is 1. The zero-order valence-electron chi connectivity index (χ0n) is 10.1. The van der Waals surface area contributed by atoms with Crippen LogP contribution in [0.3, 0.4) is 0 Å². The zero-order chi connectivity index (χ0) is 14.0. The fourth-order valence-electron chi connectivity index (χ4n) is 1.61. The van der Waals surface area contributed by atoms with Gasteiger partial charge < -0.3 is 10.5 Å². The third-order valence-electron chi connectivity index (χ3n) is 2.50. The Morgan fingerprint density at radius 1 is 1.37 bits per heavy atom. The predicted octanol–water partition coefficient (Wildman–Crippen LogP) is 4.77. The number of ether oxygens (including phenoxy) is 1. The molecule has 0 radical (unpaired) electrons. The maximum atomic E-state index is 13.0. The fraction of sp³-hybridized carbons (Fsp3) is 0.231. The molecule has 2 nitrogen and oxygen atoms in total. The number of rotatable bonds is 4. The Labute approximate surface area is 128 Å². The third kappa shape index (κ3) is 3.69. The van der Waals surface area contributed by atoms with E-state index in [1.54, 1.807) is 11.3 Å². The van der Waals surface area contributed by atoms with Crippen LogP contribution in [0.5, 0.6) is 5.75 Å². The van der Waals surface area contributed by atoms with Gasteiger partial charge in [0.2, 0.25) is 0 Å². The Morgan fingerprint density at radius 3 is 2.63 bits per heavy atom. The van der Waals surface area contributed by atoms with Crippen LogP contribution in [-0.2, 0) is 0 Å². The SMILES string of the molecule is CC(N)C(Oc1ccc(F)cc1Cl)c1ccc(Br)s1. The van der Waals surface area contributed by atoms with E-state index in [1.165, 1.54) is 18.2 Å². The molecule has 0 spiro atoms. The third-order valence-corrected chi connectivity index (χ3v) is 4.48. The second-order valence-electron chi connectivity index (χ2n) is 4.11. The topological polar surface area (TPSA) is 35.2 Å². The Morgan fingerprint density at radius 2 is 2.11 bits per heavy atom. The van der Waals surface area contributed by atoms with Crippen molar-refractivity contribution in [2.75, 3.05) is 0 Å². The van der Waals surface area contributed by atoms with Crippen molar-refractivity contribution in [3.8, 4) is 5.75 Å². The lowest BCUT2D eigenvalue weighted by molar-refractivity contribution is 0.184. The van der Waals surface area contributed by atoms with Crippen molar-refractivity contribution < 1.29 is 9.13 Å². The maximum absolute atomic E-state index is 13.0. The lowest BCUT2D eigenvalue weighted by Crippen LogP contribution is -2.28. The first kappa shape index (κ1) is 14.8. The van der Waals surface area contributed by atoms with Gasteiger partial charge in [0, 0.05) is 10.9 Å². The minimum absolute atomic E-state index is 0.216. The van der Waals surface area contributed by atoms with Crippen LogP contribution in [0.15, 0.2) is 34.1 Å². The summed E-state index contributed by atoms with van der Waals surface area (Å²) in [6.45, 7) is 1.86. The van der Waals surface area contributed by atoms with Crippen molar-refractivity contribution in [1.29, 1.82) is 0 Å². The molecular formula is C13H12BrClFNOS. The summed E-state index contributed by atoms with van der Waals surface area (Å²) in [5.74, 6) is 0.0310. The van der Waals surface area contributed by atoms with Gasteiger partial charge in [-0.3, -0.25) is 0 Å². The summed E-state index contributed by atoms with van der Waals surface area (Å²) in [6, 6.07) is 7.70. The van der Waals surface area contributed by atoms with Crippen molar-refractivity contribution in [3.05, 3.63) is 49.8 Å². The zero-order valence-corrected chi connectivity index (χ0v) is 13.2. The molecule has 1 heterocycles. The summed E-state index contributed by atoms with van der Waals surface area (Å²) in [5, 5.41) is 0.237. The van der Waals surface area contributed by atoms with E-state index in [0.717, 1.165) is 8.66 Å². The average molecular weight is 365 g/mol. The standard InChI is InChI=1S/C13H12BrClFNOS/c1-7(17)13(11-4-5-12(14)19-11)18-10-3-2-8(16)6-9(10)15/h2-7,13H,17H2,1H3. The Kier molecular flexibility index (Phi) is 4.84. The molecule has 0 aliphatic heterocycles. The quantitative estimate of drug-likeness (QED) is 0.848. The van der Waals surface area contributed by atoms with Crippen molar-refractivity contribution in [2.45, 2.75) is 19.1 Å². The minimum atomic E-state index is -0.395. The highest BCUT2D eigenvalue weighted by atomic mass is 79.9. The van der Waals surface area contributed by atoms with Crippen LogP contribution in [0.4, 0.5) is 4.39 Å². The van der Waals surface area contributed by atoms with Gasteiger partial charge in [0.25, 0.3) is 0 Å². The van der Waals surface area contributed by atoms with Gasteiger partial charge in [-0.1, -0.05) is 11.6 Å². The molecule has 0 saturated carbocycles. The summed E-state index contributed by atoms with van der Waals surface area (Å²) < 4.78 is 19.8. The molecular weight excluding hydrogens is 353 g/mol. The molecule has 0 saturated heterocycles. The number of hydrogen-bond donors (Lipinski definition) is 1. The van der Waals surface area contributed by atoms with E-state index in [0.29, 0.717) is 5.75 Å². The molecule has 0 amide bonds. The van der Waals surface area contributed by atoms with E-state index in [4.69, 9.17) is 22.1 Å². The van der Waals surface area contributed by atoms with Crippen molar-refractivity contribution >= 4 is 38.9 Å². The van der Waals surface area contributed by atoms with Gasteiger partial charge >= 0.3 is 0 Å². The first-order valence-corrected chi connectivity index (χ1v) is 7.58. The maximum Gasteiger partial charge on any atom is 0.148 e. The Bertz CT molecular complexity index is 576. The highest BCUT2D eigenvalue weighted by molar-refractivity contribution is 9.11. The summed E-state index contributed by atoms with van der Waals surface area (Å²) in [5.41, 5.74) is 5.95. The smallest absolute Gasteiger partial charge is 0.148 e. The van der Waals surface area contributed by atoms with Gasteiger partial charge in [-0.2, -0.15) is 0 Å². The normalized spacial score (nSPS) is 14.2. The molecule has 0 bridgehead atoms. The predicted molar refractivity (Wildman–Crippen MR) is 80.4 cm³/mol. The highest BCUT2D eigenvalue weighted by Gasteiger charge is 2.21. The molecule has 0 aliphatic rings. The molecule has 2 rings (SSSR count). The number of thiophene rings is 1. The molecule has 19 heavy (non-hydrogen) atoms. The van der Waals surface area contributed by atoms with Crippen LogP contribution in [-0.4, -0.2) is 6.04 Å². The van der Waals surface area contributed by atoms with E-state index in [2.05, 4.69) is 15.9 Å². The molecule has 2 N–H and O–H groups in total. The van der Waals surface area contributed by atoms with Gasteiger partial charge in [-0.05, 0) is 53.2 Å². The lowest BCUT2D eigenvalue weighted by Gasteiger charge is -2.22. The average Bonchev–Trinajstić information content (AvgIpc) is 2.74. The molecule has 2 atom stereocenters. The van der Waals surface area contributed by atoms with Crippen LogP contribution >= 0.6 is 38.9 Å². The number of benzene rings is 1. The van der Waals surface area contributed by atoms with Crippen LogP contribution in [0.2, 0.25) is 5.02 Å². The summed E-state index contributed by atoms with van der Waals surface area (Å²) in [6.07, 6.45) is -0.320. The molecule has 1 aromatic heterocycles. The van der Waals surface area contributed by atoms with Crippen LogP contribution in [0.25, 0.3) is 0 Å². The van der Waals surface area contributed by atoms with Crippen molar-refractivity contribution in [1.82, 2.24) is 0 Å². The van der Waals surface area contributed by atoms with Gasteiger partial charge in [0.1, 0.15) is 17.7 Å². The van der Waals surface area contributed by atoms with Gasteiger partial charge in [0.05, 0.1) is 8.81 Å². The van der Waals surface area contributed by atoms with E-state index in [-0.39, 0.29) is 17.2 Å². The molecule has 2 aromatic rings. The lowest BCUT2D eigenvalue weighted by atomic mass is 10.1. The minimum Gasteiger partial charge on any atom is -0.482 e. The first-order valence-electron chi connectivity index (χ1n) is 5.60. The van der Waals surface area contributed by atoms with E-state index >= 15 is 0 Å². The van der Waals surface area contributed by atoms with E-state index in [1.807, 2.05) is 19.1 Å². The molecule has 2 unspecified atom stereocenters. The monoisotopic (exact) mass is 363 g/mol. The molecule has 1 aromatic carbocycles. The first-order chi connectivity index (χ1) is 8.97. The second-order valence-corrected chi connectivity index (χ2v) is 7.02. The van der Waals surface area contributed by atoms with Gasteiger partial charge in [-0.25, -0.2) is 4.39 Å². The van der Waals surface area contributed by atoms with Crippen molar-refractivity contribution in [2.24, 2.45) is 5.73 Å². The summed E-state index contributed by atoms with van der Waals surface area (Å²) >= 11 is 10.9. The molecule has 0 aliphatic carbocycles. The van der Waals surface area contributed by atoms with Crippen LogP contribution in [0, 0.1) is 5.82 Å². The molecule has 102 valence electrons. The highest BCUT2D eigenvalue weighted by Crippen LogP contribution is 2.34. The van der Waals surface area contributed by atoms with E-state index < -0.39 is 5.82 Å². The second kappa shape index (κ2) is 6.22. The van der Waals surface area contributed by atoms with Crippen LogP contribution in [0.1, 0.15) is 17.9 Å². The Hall–Kier alpha value is -0.620. The summed E-state index contributed by atoms with van der Waals surface area (Å²) in [4.78, 5) is 0.988. The van der Waals surface area contributed by atoms with E-state index in [9.17, 15) is 4.39 Å². The van der Waals surface area contributed by atoms with Crippen LogP contribution < -0.4 is 10.5 Å². The van der Waals surface area contributed by atoms with Gasteiger partial charge in [-0.15, -0.1) is 11.3 Å². The molecule has 6 heteroatoms. The fourth-order valence-corrected chi connectivity index (χ4v) is 3.39. The summed E-state index contributed by atoms with van der Waals surface area (Å²) in [7, 11) is 0. The van der Waals surface area contributed by atoms with Gasteiger partial charge in [0.15, 0.2) is 0 Å². The largest absolute Gasteiger partial charge is 0.482 e. The molecule has 0 fully saturated rings. The number of halogens is 3.